The largest absolute Gasteiger partial charge is 0.393 e. The van der Waals surface area contributed by atoms with Gasteiger partial charge in [0.25, 0.3) is 0 Å². The molecule has 2 N–H and O–H groups in total. The van der Waals surface area contributed by atoms with Crippen LogP contribution in [0.3, 0.4) is 0 Å². The summed E-state index contributed by atoms with van der Waals surface area (Å²) in [5, 5.41) is 22.2. The van der Waals surface area contributed by atoms with Crippen molar-refractivity contribution in [2.75, 3.05) is 6.54 Å². The minimum Gasteiger partial charge on any atom is -0.393 e. The first kappa shape index (κ1) is 17.5. The molecule has 0 spiro atoms. The minimum atomic E-state index is -1.12. The Balaban J connectivity index is 1.74. The van der Waals surface area contributed by atoms with E-state index in [2.05, 4.69) is 40.3 Å². The lowest BCUT2D eigenvalue weighted by molar-refractivity contribution is 0.126. The lowest BCUT2D eigenvalue weighted by atomic mass is 9.92. The molecule has 25 heavy (non-hydrogen) atoms. The summed E-state index contributed by atoms with van der Waals surface area (Å²) >= 11 is 0. The van der Waals surface area contributed by atoms with E-state index in [1.165, 1.54) is 6.34 Å². The molecule has 0 fully saturated rings. The van der Waals surface area contributed by atoms with E-state index >= 15 is 0 Å². The first-order chi connectivity index (χ1) is 12.1. The zero-order chi connectivity index (χ0) is 17.7. The van der Waals surface area contributed by atoms with Gasteiger partial charge in [-0.1, -0.05) is 36.4 Å². The molecule has 3 rings (SSSR count). The van der Waals surface area contributed by atoms with Crippen molar-refractivity contribution in [3.8, 4) is 0 Å². The number of benzene rings is 2. The molecule has 2 atom stereocenters. The number of aliphatic hydroxyl groups is 2. The molecular formula is C21H24N2O2. The number of rotatable bonds is 6. The summed E-state index contributed by atoms with van der Waals surface area (Å²) in [5.41, 5.74) is 0.840. The van der Waals surface area contributed by atoms with Crippen molar-refractivity contribution in [3.63, 3.8) is 0 Å². The zero-order valence-corrected chi connectivity index (χ0v) is 14.5. The number of aliphatic hydroxyl groups excluding tert-OH is 1. The third kappa shape index (κ3) is 4.41. The predicted octanol–water partition coefficient (Wildman–Crippen LogP) is 3.70. The third-order valence-corrected chi connectivity index (χ3v) is 4.44. The number of unbranched alkanes of at least 4 members (excludes halogenated alkanes) is 1. The first-order valence-electron chi connectivity index (χ1n) is 8.71. The number of fused-ring (bicyclic) bond motifs is 1. The zero-order valence-electron chi connectivity index (χ0n) is 14.5. The SMILES string of the molecule is CC(O)CCCC=Cc1ccc2cc(C3(O)C=NC=NC3)ccc2c1. The van der Waals surface area contributed by atoms with Crippen LogP contribution in [0, 0.1) is 0 Å². The number of nitrogens with zero attached hydrogens (tertiary/aromatic N) is 2. The molecule has 0 radical (unpaired) electrons. The van der Waals surface area contributed by atoms with Crippen LogP contribution in [0.5, 0.6) is 0 Å². The molecule has 2 unspecified atom stereocenters. The van der Waals surface area contributed by atoms with Crippen molar-refractivity contribution in [1.29, 1.82) is 0 Å². The number of allylic oxidation sites excluding steroid dienone is 1. The van der Waals surface area contributed by atoms with E-state index in [4.69, 9.17) is 0 Å². The van der Waals surface area contributed by atoms with Gasteiger partial charge in [0.1, 0.15) is 11.9 Å². The maximum atomic E-state index is 10.7. The summed E-state index contributed by atoms with van der Waals surface area (Å²) in [5.74, 6) is 0. The van der Waals surface area contributed by atoms with Gasteiger partial charge in [0.05, 0.1) is 12.6 Å². The van der Waals surface area contributed by atoms with E-state index in [1.54, 1.807) is 6.21 Å². The fraction of sp³-hybridized carbons (Fsp3) is 0.333. The maximum Gasteiger partial charge on any atom is 0.144 e. The maximum absolute atomic E-state index is 10.7. The summed E-state index contributed by atoms with van der Waals surface area (Å²) in [6, 6.07) is 12.3. The van der Waals surface area contributed by atoms with Gasteiger partial charge >= 0.3 is 0 Å². The van der Waals surface area contributed by atoms with Gasteiger partial charge in [0.15, 0.2) is 0 Å². The van der Waals surface area contributed by atoms with Crippen LogP contribution in [0.4, 0.5) is 0 Å². The Morgan fingerprint density at radius 3 is 2.76 bits per heavy atom. The Bertz CT molecular complexity index is 824. The van der Waals surface area contributed by atoms with Crippen LogP contribution in [0.15, 0.2) is 52.5 Å². The summed E-state index contributed by atoms with van der Waals surface area (Å²) in [6.45, 7) is 2.12. The second-order valence-corrected chi connectivity index (χ2v) is 6.66. The topological polar surface area (TPSA) is 65.2 Å². The quantitative estimate of drug-likeness (QED) is 0.790. The molecule has 2 aromatic carbocycles. The molecule has 130 valence electrons. The van der Waals surface area contributed by atoms with Crippen LogP contribution >= 0.6 is 0 Å². The van der Waals surface area contributed by atoms with E-state index in [9.17, 15) is 10.2 Å². The lowest BCUT2D eigenvalue weighted by Crippen LogP contribution is -2.33. The fourth-order valence-corrected chi connectivity index (χ4v) is 2.98. The molecule has 1 aliphatic heterocycles. The molecule has 0 aliphatic carbocycles. The molecule has 0 saturated heterocycles. The smallest absolute Gasteiger partial charge is 0.144 e. The van der Waals surface area contributed by atoms with Crippen molar-refractivity contribution < 1.29 is 10.2 Å². The van der Waals surface area contributed by atoms with Crippen molar-refractivity contribution in [3.05, 3.63) is 53.6 Å². The van der Waals surface area contributed by atoms with Gasteiger partial charge in [0.2, 0.25) is 0 Å². The van der Waals surface area contributed by atoms with E-state index < -0.39 is 5.60 Å². The third-order valence-electron chi connectivity index (χ3n) is 4.44. The van der Waals surface area contributed by atoms with Gasteiger partial charge in [-0.05, 0) is 60.2 Å². The summed E-state index contributed by atoms with van der Waals surface area (Å²) < 4.78 is 0. The number of hydrogen-bond acceptors (Lipinski definition) is 4. The van der Waals surface area contributed by atoms with E-state index in [0.29, 0.717) is 6.54 Å². The highest BCUT2D eigenvalue weighted by atomic mass is 16.3. The van der Waals surface area contributed by atoms with Gasteiger partial charge < -0.3 is 10.2 Å². The Kier molecular flexibility index (Phi) is 5.41. The number of aliphatic imine (C=N–C) groups is 2. The lowest BCUT2D eigenvalue weighted by Gasteiger charge is -2.24. The highest BCUT2D eigenvalue weighted by Gasteiger charge is 2.28. The van der Waals surface area contributed by atoms with Crippen LogP contribution in [0.25, 0.3) is 16.8 Å². The Labute approximate surface area is 148 Å². The predicted molar refractivity (Wildman–Crippen MR) is 104 cm³/mol. The molecule has 0 bridgehead atoms. The fourth-order valence-electron chi connectivity index (χ4n) is 2.98. The molecule has 1 heterocycles. The minimum absolute atomic E-state index is 0.224. The number of hydrogen-bond donors (Lipinski definition) is 2. The van der Waals surface area contributed by atoms with Crippen molar-refractivity contribution >= 4 is 29.4 Å². The van der Waals surface area contributed by atoms with Crippen molar-refractivity contribution in [1.82, 2.24) is 0 Å². The molecule has 0 saturated carbocycles. The molecule has 2 aromatic rings. The molecule has 0 amide bonds. The summed E-state index contributed by atoms with van der Waals surface area (Å²) in [4.78, 5) is 8.03. The summed E-state index contributed by atoms with van der Waals surface area (Å²) in [6.07, 6.45) is 9.85. The van der Waals surface area contributed by atoms with Gasteiger partial charge in [-0.15, -0.1) is 0 Å². The van der Waals surface area contributed by atoms with Gasteiger partial charge in [-0.25, -0.2) is 4.99 Å². The van der Waals surface area contributed by atoms with Gasteiger partial charge in [-0.2, -0.15) is 0 Å². The molecule has 0 aromatic heterocycles. The second kappa shape index (κ2) is 7.72. The van der Waals surface area contributed by atoms with E-state index in [-0.39, 0.29) is 6.10 Å². The highest BCUT2D eigenvalue weighted by Crippen LogP contribution is 2.26. The Hall–Kier alpha value is -2.30. The molecular weight excluding hydrogens is 312 g/mol. The van der Waals surface area contributed by atoms with Crippen LogP contribution < -0.4 is 0 Å². The van der Waals surface area contributed by atoms with Crippen LogP contribution in [0.1, 0.15) is 37.3 Å². The molecule has 4 heteroatoms. The monoisotopic (exact) mass is 336 g/mol. The van der Waals surface area contributed by atoms with E-state index in [1.807, 2.05) is 25.1 Å². The summed E-state index contributed by atoms with van der Waals surface area (Å²) in [7, 11) is 0. The van der Waals surface area contributed by atoms with Gasteiger partial charge in [-0.3, -0.25) is 4.99 Å². The van der Waals surface area contributed by atoms with Crippen molar-refractivity contribution in [2.45, 2.75) is 37.9 Å². The van der Waals surface area contributed by atoms with Crippen LogP contribution in [-0.4, -0.2) is 35.4 Å². The van der Waals surface area contributed by atoms with Crippen molar-refractivity contribution in [2.24, 2.45) is 9.98 Å². The van der Waals surface area contributed by atoms with Gasteiger partial charge in [0, 0.05) is 6.21 Å². The Morgan fingerprint density at radius 2 is 2.00 bits per heavy atom. The Morgan fingerprint density at radius 1 is 1.20 bits per heavy atom. The second-order valence-electron chi connectivity index (χ2n) is 6.66. The normalized spacial score (nSPS) is 21.2. The first-order valence-corrected chi connectivity index (χ1v) is 8.71. The molecule has 1 aliphatic rings. The molecule has 4 nitrogen and oxygen atoms in total. The highest BCUT2D eigenvalue weighted by molar-refractivity contribution is 5.88. The van der Waals surface area contributed by atoms with E-state index in [0.717, 1.165) is 41.2 Å². The average Bonchev–Trinajstić information content (AvgIpc) is 2.61. The standard InChI is InChI=1S/C21H24N2O2/c1-16(24)5-3-2-4-6-17-7-8-19-12-20(10-9-18(19)11-17)21(25)13-22-15-23-14-21/h4,6-13,15-16,24-25H,2-3,5,14H2,1H3. The van der Waals surface area contributed by atoms with Crippen LogP contribution in [-0.2, 0) is 5.60 Å². The van der Waals surface area contributed by atoms with Crippen LogP contribution in [0.2, 0.25) is 0 Å². The average molecular weight is 336 g/mol.